The van der Waals surface area contributed by atoms with Crippen LogP contribution < -0.4 is 11.1 Å². The van der Waals surface area contributed by atoms with Crippen molar-refractivity contribution >= 4 is 17.9 Å². The van der Waals surface area contributed by atoms with Crippen molar-refractivity contribution in [2.24, 2.45) is 5.73 Å². The molecule has 3 unspecified atom stereocenters. The molecule has 1 aliphatic rings. The van der Waals surface area contributed by atoms with Crippen molar-refractivity contribution < 1.29 is 32.3 Å². The van der Waals surface area contributed by atoms with E-state index in [-0.39, 0.29) is 35.7 Å². The first-order valence-electron chi connectivity index (χ1n) is 15.1. The molecule has 3 N–H and O–H groups in total. The number of hydrogen-bond acceptors (Lipinski definition) is 5. The van der Waals surface area contributed by atoms with Gasteiger partial charge in [0.1, 0.15) is 29.1 Å². The van der Waals surface area contributed by atoms with Gasteiger partial charge in [0.05, 0.1) is 17.3 Å². The molecule has 11 heteroatoms. The van der Waals surface area contributed by atoms with E-state index >= 15 is 0 Å². The number of likely N-dealkylation sites (tertiary alicyclic amines) is 1. The zero-order valence-corrected chi connectivity index (χ0v) is 26.2. The second kappa shape index (κ2) is 13.7. The maximum Gasteiger partial charge on any atom is 0.410 e. The third-order valence-corrected chi connectivity index (χ3v) is 7.89. The average Bonchev–Trinajstić information content (AvgIpc) is 3.46. The van der Waals surface area contributed by atoms with E-state index < -0.39 is 53.0 Å². The predicted octanol–water partition coefficient (Wildman–Crippen LogP) is 6.46. The Morgan fingerprint density at radius 1 is 0.979 bits per heavy atom. The van der Waals surface area contributed by atoms with Crippen molar-refractivity contribution in [3.05, 3.63) is 125 Å². The van der Waals surface area contributed by atoms with E-state index in [4.69, 9.17) is 10.5 Å². The number of hydrogen-bond donors (Lipinski definition) is 2. The van der Waals surface area contributed by atoms with Crippen LogP contribution in [0.25, 0.3) is 11.1 Å². The number of rotatable bonds is 8. The van der Waals surface area contributed by atoms with Crippen LogP contribution in [0.15, 0.2) is 85.1 Å². The minimum atomic E-state index is -0.974. The summed E-state index contributed by atoms with van der Waals surface area (Å²) in [5, 5.41) is 2.98. The number of nitrogens with zero attached hydrogens (tertiary/aromatic N) is 2. The summed E-state index contributed by atoms with van der Waals surface area (Å²) < 4.78 is 48.6. The average molecular weight is 645 g/mol. The Hall–Kier alpha value is -5.19. The summed E-state index contributed by atoms with van der Waals surface area (Å²) in [6, 6.07) is 17.8. The monoisotopic (exact) mass is 644 g/mol. The molecule has 8 nitrogen and oxygen atoms in total. The number of nitrogens with two attached hydrogens (primary N) is 1. The van der Waals surface area contributed by atoms with E-state index in [1.54, 1.807) is 32.9 Å². The number of ether oxygens (including phenoxy) is 1. The molecule has 1 fully saturated rings. The lowest BCUT2D eigenvalue weighted by molar-refractivity contribution is -0.126. The van der Waals surface area contributed by atoms with Crippen LogP contribution >= 0.6 is 0 Å². The molecule has 0 aliphatic carbocycles. The molecule has 1 saturated heterocycles. The number of benzene rings is 3. The summed E-state index contributed by atoms with van der Waals surface area (Å²) in [6.45, 7) is 5.44. The van der Waals surface area contributed by atoms with Gasteiger partial charge in [0, 0.05) is 30.3 Å². The highest BCUT2D eigenvalue weighted by atomic mass is 19.1. The fraction of sp³-hybridized carbons (Fsp3) is 0.278. The maximum absolute atomic E-state index is 14.4. The lowest BCUT2D eigenvalue weighted by Crippen LogP contribution is -2.48. The zero-order chi connectivity index (χ0) is 33.9. The van der Waals surface area contributed by atoms with Crippen LogP contribution in [0.5, 0.6) is 0 Å². The van der Waals surface area contributed by atoms with Crippen LogP contribution in [0.2, 0.25) is 0 Å². The first-order valence-corrected chi connectivity index (χ1v) is 15.1. The van der Waals surface area contributed by atoms with Crippen LogP contribution in [0.4, 0.5) is 18.0 Å². The lowest BCUT2D eigenvalue weighted by atomic mass is 9.93. The maximum atomic E-state index is 14.4. The molecule has 5 rings (SSSR count). The minimum Gasteiger partial charge on any atom is -0.444 e. The van der Waals surface area contributed by atoms with Crippen molar-refractivity contribution in [2.45, 2.75) is 57.2 Å². The molecule has 1 aliphatic heterocycles. The van der Waals surface area contributed by atoms with Gasteiger partial charge in [0.15, 0.2) is 0 Å². The second-order valence-electron chi connectivity index (χ2n) is 12.5. The molecule has 1 aromatic heterocycles. The van der Waals surface area contributed by atoms with E-state index in [2.05, 4.69) is 10.3 Å². The van der Waals surface area contributed by atoms with Crippen molar-refractivity contribution in [3.63, 3.8) is 0 Å². The Labute approximate surface area is 270 Å². The van der Waals surface area contributed by atoms with Gasteiger partial charge in [-0.2, -0.15) is 0 Å². The second-order valence-corrected chi connectivity index (χ2v) is 12.5. The summed E-state index contributed by atoms with van der Waals surface area (Å²) in [4.78, 5) is 45.4. The third-order valence-electron chi connectivity index (χ3n) is 7.89. The van der Waals surface area contributed by atoms with Gasteiger partial charge in [-0.1, -0.05) is 42.5 Å². The van der Waals surface area contributed by atoms with Crippen LogP contribution in [0, 0.1) is 17.5 Å². The number of amides is 3. The molecule has 47 heavy (non-hydrogen) atoms. The van der Waals surface area contributed by atoms with Gasteiger partial charge >= 0.3 is 6.09 Å². The Bertz CT molecular complexity index is 1770. The number of carbonyl (C=O) groups is 3. The quantitative estimate of drug-likeness (QED) is 0.229. The highest BCUT2D eigenvalue weighted by molar-refractivity contribution is 5.94. The summed E-state index contributed by atoms with van der Waals surface area (Å²) in [6.07, 6.45) is 1.04. The SMILES string of the molecule is CC(C)(C)OC(=O)N1CC(c2ccccc2)CC1C(=O)NC(Cc1cc(F)cc(F)c1)c1ncccc1-c1ccc(F)c(C(N)=O)c1. The van der Waals surface area contributed by atoms with E-state index in [1.807, 2.05) is 30.3 Å². The lowest BCUT2D eigenvalue weighted by Gasteiger charge is -2.29. The summed E-state index contributed by atoms with van der Waals surface area (Å²) in [7, 11) is 0. The largest absolute Gasteiger partial charge is 0.444 e. The van der Waals surface area contributed by atoms with Gasteiger partial charge in [-0.05, 0) is 80.6 Å². The third kappa shape index (κ3) is 7.97. The Morgan fingerprint density at radius 2 is 1.68 bits per heavy atom. The summed E-state index contributed by atoms with van der Waals surface area (Å²) in [5.74, 6) is -4.05. The van der Waals surface area contributed by atoms with E-state index in [9.17, 15) is 27.6 Å². The van der Waals surface area contributed by atoms with E-state index in [0.717, 1.165) is 29.8 Å². The van der Waals surface area contributed by atoms with Gasteiger partial charge in [-0.3, -0.25) is 19.5 Å². The first-order chi connectivity index (χ1) is 22.3. The molecule has 3 atom stereocenters. The molecule has 3 amide bonds. The smallest absolute Gasteiger partial charge is 0.410 e. The molecule has 0 bridgehead atoms. The van der Waals surface area contributed by atoms with Crippen LogP contribution in [-0.2, 0) is 16.0 Å². The molecule has 4 aromatic rings. The fourth-order valence-corrected chi connectivity index (χ4v) is 5.84. The number of aromatic nitrogens is 1. The number of primary amides is 1. The Balaban J connectivity index is 1.54. The standard InChI is InChI=1S/C36H35F3N4O4/c1-36(2,3)47-35(46)43-20-24(22-8-5-4-6-9-22)18-31(43)34(45)42-30(16-21-14-25(37)19-26(38)15-21)32-27(10-7-13-41-32)23-11-12-29(39)28(17-23)33(40)44/h4-15,17,19,24,30-31H,16,18,20H2,1-3H3,(H2,40,44)(H,42,45). The zero-order valence-electron chi connectivity index (χ0n) is 26.2. The first kappa shape index (κ1) is 33.2. The Kier molecular flexibility index (Phi) is 9.64. The molecular formula is C36H35F3N4O4. The number of nitrogens with one attached hydrogen (secondary N) is 1. The van der Waals surface area contributed by atoms with Gasteiger partial charge in [-0.15, -0.1) is 0 Å². The van der Waals surface area contributed by atoms with E-state index in [1.165, 1.54) is 23.2 Å². The molecule has 3 aromatic carbocycles. The molecular weight excluding hydrogens is 609 g/mol. The minimum absolute atomic E-state index is 0.0877. The normalized spacial score (nSPS) is 16.9. The predicted molar refractivity (Wildman–Crippen MR) is 170 cm³/mol. The van der Waals surface area contributed by atoms with Gasteiger partial charge in [0.25, 0.3) is 5.91 Å². The molecule has 2 heterocycles. The number of halogens is 3. The molecule has 0 saturated carbocycles. The highest BCUT2D eigenvalue weighted by Crippen LogP contribution is 2.35. The van der Waals surface area contributed by atoms with Crippen LogP contribution in [0.3, 0.4) is 0 Å². The Morgan fingerprint density at radius 3 is 2.34 bits per heavy atom. The molecule has 244 valence electrons. The topological polar surface area (TPSA) is 115 Å². The van der Waals surface area contributed by atoms with Crippen molar-refractivity contribution in [2.75, 3.05) is 6.54 Å². The van der Waals surface area contributed by atoms with Crippen molar-refractivity contribution in [1.82, 2.24) is 15.2 Å². The van der Waals surface area contributed by atoms with Gasteiger partial charge in [0.2, 0.25) is 5.91 Å². The van der Waals surface area contributed by atoms with Crippen LogP contribution in [-0.4, -0.2) is 46.0 Å². The summed E-state index contributed by atoms with van der Waals surface area (Å²) >= 11 is 0. The number of carbonyl (C=O) groups excluding carboxylic acids is 3. The van der Waals surface area contributed by atoms with Crippen molar-refractivity contribution in [1.29, 1.82) is 0 Å². The van der Waals surface area contributed by atoms with Gasteiger partial charge < -0.3 is 15.8 Å². The fourth-order valence-electron chi connectivity index (χ4n) is 5.84. The molecule has 0 spiro atoms. The number of pyridine rings is 1. The molecule has 0 radical (unpaired) electrons. The van der Waals surface area contributed by atoms with Crippen molar-refractivity contribution in [3.8, 4) is 11.1 Å². The van der Waals surface area contributed by atoms with Gasteiger partial charge in [-0.25, -0.2) is 18.0 Å². The highest BCUT2D eigenvalue weighted by Gasteiger charge is 2.42. The van der Waals surface area contributed by atoms with E-state index in [0.29, 0.717) is 17.5 Å². The summed E-state index contributed by atoms with van der Waals surface area (Å²) in [5.41, 5.74) is 6.53. The van der Waals surface area contributed by atoms with Crippen LogP contribution in [0.1, 0.15) is 66.3 Å².